The summed E-state index contributed by atoms with van der Waals surface area (Å²) in [7, 11) is 2.18. The number of hydrogen-bond donors (Lipinski definition) is 0. The van der Waals surface area contributed by atoms with Gasteiger partial charge in [0.15, 0.2) is 0 Å². The van der Waals surface area contributed by atoms with Gasteiger partial charge in [-0.15, -0.1) is 0 Å². The first-order valence-electron chi connectivity index (χ1n) is 5.68. The Balaban J connectivity index is 2.31. The number of anilines is 1. The maximum absolute atomic E-state index is 3.53. The average molecular weight is 276 g/mol. The number of hydrogen-bond acceptors (Lipinski definition) is 1. The monoisotopic (exact) mass is 275 g/mol. The first kappa shape index (κ1) is 10.2. The van der Waals surface area contributed by atoms with Crippen LogP contribution < -0.4 is 4.90 Å². The second kappa shape index (κ2) is 3.77. The SMILES string of the molecule is CN1CCCc2c1ccc1cc(Br)ccc21. The highest BCUT2D eigenvalue weighted by Gasteiger charge is 2.15. The van der Waals surface area contributed by atoms with Crippen LogP contribution in [0.1, 0.15) is 12.0 Å². The van der Waals surface area contributed by atoms with Gasteiger partial charge in [0.25, 0.3) is 0 Å². The van der Waals surface area contributed by atoms with Crippen LogP contribution in [0, 0.1) is 0 Å². The molecule has 0 bridgehead atoms. The molecule has 0 N–H and O–H groups in total. The van der Waals surface area contributed by atoms with E-state index in [0.29, 0.717) is 0 Å². The van der Waals surface area contributed by atoms with E-state index in [4.69, 9.17) is 0 Å². The van der Waals surface area contributed by atoms with Crippen LogP contribution in [0.25, 0.3) is 10.8 Å². The molecule has 0 atom stereocenters. The Kier molecular flexibility index (Phi) is 2.40. The van der Waals surface area contributed by atoms with Crippen LogP contribution in [0.4, 0.5) is 5.69 Å². The quantitative estimate of drug-likeness (QED) is 0.703. The number of rotatable bonds is 0. The van der Waals surface area contributed by atoms with E-state index in [9.17, 15) is 0 Å². The van der Waals surface area contributed by atoms with Gasteiger partial charge in [0.1, 0.15) is 0 Å². The van der Waals surface area contributed by atoms with Gasteiger partial charge in [-0.05, 0) is 47.4 Å². The zero-order valence-corrected chi connectivity index (χ0v) is 10.9. The molecule has 0 aliphatic carbocycles. The van der Waals surface area contributed by atoms with Crippen molar-refractivity contribution in [1.29, 1.82) is 0 Å². The van der Waals surface area contributed by atoms with Crippen LogP contribution in [0.5, 0.6) is 0 Å². The minimum atomic E-state index is 1.16. The Morgan fingerprint density at radius 2 is 2.06 bits per heavy atom. The van der Waals surface area contributed by atoms with E-state index < -0.39 is 0 Å². The second-order valence-corrected chi connectivity index (χ2v) is 5.37. The van der Waals surface area contributed by atoms with Crippen LogP contribution in [-0.4, -0.2) is 13.6 Å². The van der Waals surface area contributed by atoms with Crippen molar-refractivity contribution in [1.82, 2.24) is 0 Å². The Morgan fingerprint density at radius 1 is 1.19 bits per heavy atom. The maximum Gasteiger partial charge on any atom is 0.0402 e. The number of aryl methyl sites for hydroxylation is 1. The molecule has 82 valence electrons. The van der Waals surface area contributed by atoms with E-state index in [1.165, 1.54) is 41.4 Å². The van der Waals surface area contributed by atoms with Gasteiger partial charge >= 0.3 is 0 Å². The second-order valence-electron chi connectivity index (χ2n) is 4.45. The first-order chi connectivity index (χ1) is 7.75. The van der Waals surface area contributed by atoms with Crippen molar-refractivity contribution in [2.45, 2.75) is 12.8 Å². The normalized spacial score (nSPS) is 15.2. The smallest absolute Gasteiger partial charge is 0.0402 e. The van der Waals surface area contributed by atoms with E-state index in [2.05, 4.69) is 58.2 Å². The summed E-state index contributed by atoms with van der Waals surface area (Å²) in [4.78, 5) is 2.36. The van der Waals surface area contributed by atoms with E-state index in [-0.39, 0.29) is 0 Å². The molecule has 0 unspecified atom stereocenters. The summed E-state index contributed by atoms with van der Waals surface area (Å²) in [5.41, 5.74) is 2.92. The van der Waals surface area contributed by atoms with Gasteiger partial charge in [-0.2, -0.15) is 0 Å². The predicted octanol–water partition coefficient (Wildman–Crippen LogP) is 3.98. The Labute approximate surface area is 104 Å². The van der Waals surface area contributed by atoms with Gasteiger partial charge in [-0.1, -0.05) is 28.1 Å². The highest BCUT2D eigenvalue weighted by Crippen LogP contribution is 2.33. The van der Waals surface area contributed by atoms with Crippen molar-refractivity contribution in [3.05, 3.63) is 40.4 Å². The van der Waals surface area contributed by atoms with E-state index in [1.807, 2.05) is 0 Å². The summed E-state index contributed by atoms with van der Waals surface area (Å²) < 4.78 is 1.16. The third-order valence-electron chi connectivity index (χ3n) is 3.40. The van der Waals surface area contributed by atoms with Gasteiger partial charge < -0.3 is 4.90 Å². The van der Waals surface area contributed by atoms with Crippen LogP contribution in [0.15, 0.2) is 34.8 Å². The van der Waals surface area contributed by atoms with Crippen LogP contribution in [-0.2, 0) is 6.42 Å². The highest BCUT2D eigenvalue weighted by atomic mass is 79.9. The molecule has 0 amide bonds. The van der Waals surface area contributed by atoms with Crippen LogP contribution in [0.2, 0.25) is 0 Å². The van der Waals surface area contributed by atoms with Crippen molar-refractivity contribution >= 4 is 32.4 Å². The number of halogens is 1. The van der Waals surface area contributed by atoms with Crippen molar-refractivity contribution in [2.24, 2.45) is 0 Å². The number of fused-ring (bicyclic) bond motifs is 3. The summed E-state index contributed by atoms with van der Waals surface area (Å²) in [5, 5.41) is 2.75. The summed E-state index contributed by atoms with van der Waals surface area (Å²) >= 11 is 3.53. The van der Waals surface area contributed by atoms with Crippen molar-refractivity contribution in [3.63, 3.8) is 0 Å². The molecule has 16 heavy (non-hydrogen) atoms. The van der Waals surface area contributed by atoms with Gasteiger partial charge in [0.2, 0.25) is 0 Å². The summed E-state index contributed by atoms with van der Waals surface area (Å²) in [6.45, 7) is 1.18. The van der Waals surface area contributed by atoms with Gasteiger partial charge in [-0.3, -0.25) is 0 Å². The zero-order valence-electron chi connectivity index (χ0n) is 9.33. The van der Waals surface area contributed by atoms with Crippen molar-refractivity contribution < 1.29 is 0 Å². The van der Waals surface area contributed by atoms with Crippen LogP contribution in [0.3, 0.4) is 0 Å². The molecule has 3 rings (SSSR count). The van der Waals surface area contributed by atoms with E-state index >= 15 is 0 Å². The number of nitrogens with zero attached hydrogens (tertiary/aromatic N) is 1. The van der Waals surface area contributed by atoms with Crippen LogP contribution >= 0.6 is 15.9 Å². The van der Waals surface area contributed by atoms with Gasteiger partial charge in [0.05, 0.1) is 0 Å². The molecule has 1 aliphatic heterocycles. The Hall–Kier alpha value is -1.02. The highest BCUT2D eigenvalue weighted by molar-refractivity contribution is 9.10. The lowest BCUT2D eigenvalue weighted by Crippen LogP contribution is -2.24. The van der Waals surface area contributed by atoms with Gasteiger partial charge in [0, 0.05) is 23.8 Å². The molecule has 1 aliphatic rings. The predicted molar refractivity (Wildman–Crippen MR) is 73.2 cm³/mol. The minimum Gasteiger partial charge on any atom is -0.374 e. The van der Waals surface area contributed by atoms with Gasteiger partial charge in [-0.25, -0.2) is 0 Å². The molecule has 1 heterocycles. The molecule has 0 fully saturated rings. The lowest BCUT2D eigenvalue weighted by atomic mass is 9.95. The topological polar surface area (TPSA) is 3.24 Å². The van der Waals surface area contributed by atoms with Crippen molar-refractivity contribution in [2.75, 3.05) is 18.5 Å². The Morgan fingerprint density at radius 3 is 2.94 bits per heavy atom. The van der Waals surface area contributed by atoms with E-state index in [0.717, 1.165) is 4.47 Å². The lowest BCUT2D eigenvalue weighted by molar-refractivity contribution is 0.749. The molecule has 0 saturated carbocycles. The largest absolute Gasteiger partial charge is 0.374 e. The standard InChI is InChI=1S/C14H14BrN/c1-16-8-2-3-13-12-6-5-11(15)9-10(12)4-7-14(13)16/h4-7,9H,2-3,8H2,1H3. The minimum absolute atomic E-state index is 1.16. The summed E-state index contributed by atoms with van der Waals surface area (Å²) in [5.74, 6) is 0. The Bertz CT molecular complexity index is 548. The summed E-state index contributed by atoms with van der Waals surface area (Å²) in [6, 6.07) is 11.0. The maximum atomic E-state index is 3.53. The molecule has 0 saturated heterocycles. The molecule has 0 radical (unpaired) electrons. The van der Waals surface area contributed by atoms with Crippen molar-refractivity contribution in [3.8, 4) is 0 Å². The van der Waals surface area contributed by atoms with E-state index in [1.54, 1.807) is 0 Å². The summed E-state index contributed by atoms with van der Waals surface area (Å²) in [6.07, 6.45) is 2.47. The molecule has 2 aromatic rings. The molecule has 2 heteroatoms. The molecular formula is C14H14BrN. The molecule has 2 aromatic carbocycles. The zero-order chi connectivity index (χ0) is 11.1. The molecular weight excluding hydrogens is 262 g/mol. The fourth-order valence-electron chi connectivity index (χ4n) is 2.59. The average Bonchev–Trinajstić information content (AvgIpc) is 2.28. The fourth-order valence-corrected chi connectivity index (χ4v) is 2.97. The molecule has 0 spiro atoms. The first-order valence-corrected chi connectivity index (χ1v) is 6.47. The third-order valence-corrected chi connectivity index (χ3v) is 3.89. The molecule has 0 aromatic heterocycles. The third kappa shape index (κ3) is 1.52. The lowest BCUT2D eigenvalue weighted by Gasteiger charge is -2.28. The fraction of sp³-hybridized carbons (Fsp3) is 0.286. The molecule has 1 nitrogen and oxygen atoms in total. The number of benzene rings is 2.